The standard InChI is InChI=1S/C19H30N2O3.ClH/c1-14(13-20)19(22)21-11-5-4-6-16(21)9-7-15-8-10-17(23-2)18(12-15)24-3;/h8,10,12,14,16H,4-7,9,11,13,20H2,1-3H3;1H. The summed E-state index contributed by atoms with van der Waals surface area (Å²) in [5.41, 5.74) is 6.88. The number of benzene rings is 1. The summed E-state index contributed by atoms with van der Waals surface area (Å²) in [7, 11) is 3.29. The zero-order valence-corrected chi connectivity index (χ0v) is 16.3. The molecule has 1 aliphatic heterocycles. The van der Waals surface area contributed by atoms with E-state index in [1.807, 2.05) is 19.1 Å². The molecule has 1 aromatic rings. The van der Waals surface area contributed by atoms with E-state index in [9.17, 15) is 4.79 Å². The first-order chi connectivity index (χ1) is 11.6. The maximum absolute atomic E-state index is 12.5. The van der Waals surface area contributed by atoms with Crippen LogP contribution < -0.4 is 15.2 Å². The van der Waals surface area contributed by atoms with Crippen LogP contribution in [-0.4, -0.2) is 44.2 Å². The van der Waals surface area contributed by atoms with Gasteiger partial charge in [-0.15, -0.1) is 12.4 Å². The number of aryl methyl sites for hydroxylation is 1. The lowest BCUT2D eigenvalue weighted by Gasteiger charge is -2.37. The Hall–Kier alpha value is -1.46. The molecule has 0 aromatic heterocycles. The summed E-state index contributed by atoms with van der Waals surface area (Å²) in [4.78, 5) is 14.6. The number of carbonyl (C=O) groups is 1. The second-order valence-corrected chi connectivity index (χ2v) is 6.55. The van der Waals surface area contributed by atoms with E-state index in [4.69, 9.17) is 15.2 Å². The summed E-state index contributed by atoms with van der Waals surface area (Å²) in [6.07, 6.45) is 5.26. The lowest BCUT2D eigenvalue weighted by molar-refractivity contribution is -0.138. The normalized spacial score (nSPS) is 18.2. The van der Waals surface area contributed by atoms with Crippen molar-refractivity contribution in [2.24, 2.45) is 11.7 Å². The Balaban J connectivity index is 0.00000312. The van der Waals surface area contributed by atoms with Gasteiger partial charge in [-0.25, -0.2) is 0 Å². The van der Waals surface area contributed by atoms with Crippen LogP contribution in [0.1, 0.15) is 38.2 Å². The molecular formula is C19H31ClN2O3. The molecule has 1 fully saturated rings. The molecule has 0 saturated carbocycles. The highest BCUT2D eigenvalue weighted by atomic mass is 35.5. The average molecular weight is 371 g/mol. The Bertz CT molecular complexity index is 553. The Kier molecular flexibility index (Phi) is 9.08. The predicted molar refractivity (Wildman–Crippen MR) is 103 cm³/mol. The molecule has 2 rings (SSSR count). The second-order valence-electron chi connectivity index (χ2n) is 6.55. The van der Waals surface area contributed by atoms with Crippen molar-refractivity contribution in [1.82, 2.24) is 4.90 Å². The van der Waals surface area contributed by atoms with Crippen molar-refractivity contribution in [2.75, 3.05) is 27.3 Å². The van der Waals surface area contributed by atoms with Crippen LogP contribution in [0, 0.1) is 5.92 Å². The molecule has 1 aromatic carbocycles. The summed E-state index contributed by atoms with van der Waals surface area (Å²) in [6.45, 7) is 3.19. The molecule has 1 saturated heterocycles. The van der Waals surface area contributed by atoms with Gasteiger partial charge >= 0.3 is 0 Å². The third kappa shape index (κ3) is 5.51. The van der Waals surface area contributed by atoms with E-state index in [-0.39, 0.29) is 24.2 Å². The van der Waals surface area contributed by atoms with Crippen molar-refractivity contribution in [2.45, 2.75) is 45.1 Å². The molecule has 1 aliphatic rings. The number of nitrogens with zero attached hydrogens (tertiary/aromatic N) is 1. The first-order valence-electron chi connectivity index (χ1n) is 8.82. The molecule has 2 N–H and O–H groups in total. The van der Waals surface area contributed by atoms with Gasteiger partial charge in [0, 0.05) is 25.0 Å². The molecule has 2 unspecified atom stereocenters. The smallest absolute Gasteiger partial charge is 0.226 e. The lowest BCUT2D eigenvalue weighted by atomic mass is 9.94. The number of piperidine rings is 1. The fourth-order valence-corrected chi connectivity index (χ4v) is 3.34. The Morgan fingerprint density at radius 1 is 1.28 bits per heavy atom. The largest absolute Gasteiger partial charge is 0.493 e. The maximum atomic E-state index is 12.5. The molecule has 0 bridgehead atoms. The van der Waals surface area contributed by atoms with Gasteiger partial charge in [0.25, 0.3) is 0 Å². The van der Waals surface area contributed by atoms with Gasteiger partial charge in [-0.3, -0.25) is 4.79 Å². The first kappa shape index (κ1) is 21.6. The summed E-state index contributed by atoms with van der Waals surface area (Å²) in [5.74, 6) is 1.61. The van der Waals surface area contributed by atoms with Crippen LogP contribution in [-0.2, 0) is 11.2 Å². The van der Waals surface area contributed by atoms with E-state index in [2.05, 4.69) is 11.0 Å². The van der Waals surface area contributed by atoms with Crippen LogP contribution in [0.4, 0.5) is 0 Å². The summed E-state index contributed by atoms with van der Waals surface area (Å²) in [5, 5.41) is 0. The highest BCUT2D eigenvalue weighted by Crippen LogP contribution is 2.29. The third-order valence-electron chi connectivity index (χ3n) is 4.90. The van der Waals surface area contributed by atoms with Gasteiger partial charge < -0.3 is 20.1 Å². The minimum atomic E-state index is -0.0910. The SMILES string of the molecule is COc1ccc(CCC2CCCCN2C(=O)C(C)CN)cc1OC.Cl. The highest BCUT2D eigenvalue weighted by molar-refractivity contribution is 5.85. The monoisotopic (exact) mass is 370 g/mol. The fraction of sp³-hybridized carbons (Fsp3) is 0.632. The van der Waals surface area contributed by atoms with Crippen molar-refractivity contribution >= 4 is 18.3 Å². The average Bonchev–Trinajstić information content (AvgIpc) is 2.64. The van der Waals surface area contributed by atoms with E-state index in [0.29, 0.717) is 12.6 Å². The van der Waals surface area contributed by atoms with Gasteiger partial charge in [-0.2, -0.15) is 0 Å². The lowest BCUT2D eigenvalue weighted by Crippen LogP contribution is -2.47. The summed E-state index contributed by atoms with van der Waals surface area (Å²) >= 11 is 0. The van der Waals surface area contributed by atoms with E-state index >= 15 is 0 Å². The Morgan fingerprint density at radius 2 is 2.00 bits per heavy atom. The van der Waals surface area contributed by atoms with Crippen LogP contribution >= 0.6 is 12.4 Å². The van der Waals surface area contributed by atoms with Crippen molar-refractivity contribution in [3.63, 3.8) is 0 Å². The number of ether oxygens (including phenoxy) is 2. The first-order valence-corrected chi connectivity index (χ1v) is 8.82. The van der Waals surface area contributed by atoms with Gasteiger partial charge in [0.15, 0.2) is 11.5 Å². The molecule has 1 heterocycles. The topological polar surface area (TPSA) is 64.8 Å². The van der Waals surface area contributed by atoms with E-state index in [1.165, 1.54) is 12.0 Å². The number of likely N-dealkylation sites (tertiary alicyclic amines) is 1. The van der Waals surface area contributed by atoms with Crippen LogP contribution in [0.5, 0.6) is 11.5 Å². The number of hydrogen-bond donors (Lipinski definition) is 1. The summed E-state index contributed by atoms with van der Waals surface area (Å²) in [6, 6.07) is 6.34. The molecule has 0 radical (unpaired) electrons. The second kappa shape index (κ2) is 10.5. The number of nitrogens with two attached hydrogens (primary N) is 1. The van der Waals surface area contributed by atoms with Gasteiger partial charge in [0.05, 0.1) is 14.2 Å². The molecule has 0 aliphatic carbocycles. The quantitative estimate of drug-likeness (QED) is 0.801. The molecule has 2 atom stereocenters. The number of hydrogen-bond acceptors (Lipinski definition) is 4. The third-order valence-corrected chi connectivity index (χ3v) is 4.90. The van der Waals surface area contributed by atoms with Crippen molar-refractivity contribution in [3.05, 3.63) is 23.8 Å². The van der Waals surface area contributed by atoms with Gasteiger partial charge in [0.1, 0.15) is 0 Å². The number of rotatable bonds is 7. The maximum Gasteiger partial charge on any atom is 0.226 e. The molecular weight excluding hydrogens is 340 g/mol. The molecule has 25 heavy (non-hydrogen) atoms. The molecule has 5 nitrogen and oxygen atoms in total. The zero-order chi connectivity index (χ0) is 17.5. The van der Waals surface area contributed by atoms with Crippen molar-refractivity contribution < 1.29 is 14.3 Å². The van der Waals surface area contributed by atoms with E-state index < -0.39 is 0 Å². The van der Waals surface area contributed by atoms with Gasteiger partial charge in [0.2, 0.25) is 5.91 Å². The van der Waals surface area contributed by atoms with Crippen LogP contribution in [0.2, 0.25) is 0 Å². The Labute approximate surface area is 157 Å². The molecule has 0 spiro atoms. The van der Waals surface area contributed by atoms with E-state index in [0.717, 1.165) is 43.7 Å². The fourth-order valence-electron chi connectivity index (χ4n) is 3.34. The van der Waals surface area contributed by atoms with Crippen LogP contribution in [0.15, 0.2) is 18.2 Å². The van der Waals surface area contributed by atoms with Crippen LogP contribution in [0.25, 0.3) is 0 Å². The highest BCUT2D eigenvalue weighted by Gasteiger charge is 2.28. The van der Waals surface area contributed by atoms with Gasteiger partial charge in [-0.05, 0) is 49.8 Å². The minimum absolute atomic E-state index is 0. The predicted octanol–water partition coefficient (Wildman–Crippen LogP) is 3.03. The van der Waals surface area contributed by atoms with Gasteiger partial charge in [-0.1, -0.05) is 13.0 Å². The molecule has 6 heteroatoms. The number of halogens is 1. The molecule has 1 amide bonds. The Morgan fingerprint density at radius 3 is 2.64 bits per heavy atom. The van der Waals surface area contributed by atoms with E-state index in [1.54, 1.807) is 14.2 Å². The van der Waals surface area contributed by atoms with Crippen LogP contribution in [0.3, 0.4) is 0 Å². The zero-order valence-electron chi connectivity index (χ0n) is 15.5. The van der Waals surface area contributed by atoms with Crippen molar-refractivity contribution in [3.8, 4) is 11.5 Å². The number of amides is 1. The number of carbonyl (C=O) groups excluding carboxylic acids is 1. The number of methoxy groups -OCH3 is 2. The van der Waals surface area contributed by atoms with Crippen molar-refractivity contribution in [1.29, 1.82) is 0 Å². The summed E-state index contributed by atoms with van der Waals surface area (Å²) < 4.78 is 10.7. The molecule has 142 valence electrons. The minimum Gasteiger partial charge on any atom is -0.493 e.